The summed E-state index contributed by atoms with van der Waals surface area (Å²) in [7, 11) is 1.57. The molecule has 0 saturated carbocycles. The Morgan fingerprint density at radius 1 is 1.68 bits per heavy atom. The number of nitrogens with two attached hydrogens (primary N) is 1. The Morgan fingerprint density at radius 2 is 2.47 bits per heavy atom. The molecule has 1 aromatic heterocycles. The molecule has 0 spiro atoms. The van der Waals surface area contributed by atoms with Gasteiger partial charge >= 0.3 is 0 Å². The van der Waals surface area contributed by atoms with Crippen molar-refractivity contribution in [2.24, 2.45) is 11.7 Å². The van der Waals surface area contributed by atoms with Gasteiger partial charge in [0.2, 0.25) is 0 Å². The van der Waals surface area contributed by atoms with Gasteiger partial charge in [-0.25, -0.2) is 0 Å². The lowest BCUT2D eigenvalue weighted by atomic mass is 9.92. The first-order valence-corrected chi connectivity index (χ1v) is 6.61. The molecular weight excluding hydrogens is 246 g/mol. The van der Waals surface area contributed by atoms with Crippen LogP contribution in [0, 0.1) is 5.92 Å². The first-order valence-electron chi connectivity index (χ1n) is 6.61. The molecule has 6 heteroatoms. The molecule has 1 saturated heterocycles. The van der Waals surface area contributed by atoms with Crippen molar-refractivity contribution in [2.75, 3.05) is 20.2 Å². The van der Waals surface area contributed by atoms with Gasteiger partial charge < -0.3 is 19.9 Å². The van der Waals surface area contributed by atoms with E-state index in [0.29, 0.717) is 30.5 Å². The van der Waals surface area contributed by atoms with Crippen molar-refractivity contribution >= 4 is 5.91 Å². The molecule has 6 nitrogen and oxygen atoms in total. The summed E-state index contributed by atoms with van der Waals surface area (Å²) in [6.45, 7) is 3.72. The Morgan fingerprint density at radius 3 is 3.16 bits per heavy atom. The number of hydrogen-bond acceptors (Lipinski definition) is 5. The van der Waals surface area contributed by atoms with Crippen molar-refractivity contribution in [3.63, 3.8) is 0 Å². The molecule has 0 aliphatic carbocycles. The summed E-state index contributed by atoms with van der Waals surface area (Å²) < 4.78 is 10.00. The highest BCUT2D eigenvalue weighted by molar-refractivity contribution is 5.92. The van der Waals surface area contributed by atoms with E-state index in [9.17, 15) is 4.79 Å². The summed E-state index contributed by atoms with van der Waals surface area (Å²) in [6, 6.07) is 1.73. The van der Waals surface area contributed by atoms with Gasteiger partial charge in [-0.15, -0.1) is 0 Å². The zero-order valence-corrected chi connectivity index (χ0v) is 11.5. The first kappa shape index (κ1) is 14.0. The largest absolute Gasteiger partial charge is 0.377 e. The quantitative estimate of drug-likeness (QED) is 0.880. The van der Waals surface area contributed by atoms with E-state index in [1.165, 1.54) is 0 Å². The zero-order valence-electron chi connectivity index (χ0n) is 11.5. The second kappa shape index (κ2) is 6.16. The van der Waals surface area contributed by atoms with Crippen LogP contribution in [0.1, 0.15) is 36.0 Å². The smallest absolute Gasteiger partial charge is 0.276 e. The van der Waals surface area contributed by atoms with E-state index in [-0.39, 0.29) is 11.9 Å². The fraction of sp³-hybridized carbons (Fsp3) is 0.692. The van der Waals surface area contributed by atoms with E-state index in [4.69, 9.17) is 15.0 Å². The van der Waals surface area contributed by atoms with E-state index in [2.05, 4.69) is 12.1 Å². The molecule has 2 rings (SSSR count). The van der Waals surface area contributed by atoms with Crippen molar-refractivity contribution in [2.45, 2.75) is 32.4 Å². The van der Waals surface area contributed by atoms with Gasteiger partial charge in [-0.1, -0.05) is 12.1 Å². The van der Waals surface area contributed by atoms with Gasteiger partial charge in [0, 0.05) is 32.3 Å². The maximum Gasteiger partial charge on any atom is 0.276 e. The highest BCUT2D eigenvalue weighted by Gasteiger charge is 2.31. The average Bonchev–Trinajstić information content (AvgIpc) is 2.87. The standard InChI is InChI=1S/C13H21N3O3/c1-9-3-4-16(10(5-9)7-14)13(17)12-6-11(8-18-2)19-15-12/h6,9-10H,3-5,7-8,14H2,1-2H3. The van der Waals surface area contributed by atoms with E-state index < -0.39 is 0 Å². The molecule has 0 bridgehead atoms. The number of rotatable bonds is 4. The van der Waals surface area contributed by atoms with Crippen LogP contribution in [0.4, 0.5) is 0 Å². The summed E-state index contributed by atoms with van der Waals surface area (Å²) in [5.41, 5.74) is 6.10. The van der Waals surface area contributed by atoms with Crippen LogP contribution < -0.4 is 5.73 Å². The third kappa shape index (κ3) is 3.13. The van der Waals surface area contributed by atoms with Gasteiger partial charge in [0.1, 0.15) is 6.61 Å². The molecule has 2 N–H and O–H groups in total. The fourth-order valence-corrected chi connectivity index (χ4v) is 2.51. The molecule has 2 unspecified atom stereocenters. The molecule has 0 radical (unpaired) electrons. The maximum atomic E-state index is 12.4. The minimum atomic E-state index is -0.103. The maximum absolute atomic E-state index is 12.4. The predicted octanol–water partition coefficient (Wildman–Crippen LogP) is 1.02. The average molecular weight is 267 g/mol. The van der Waals surface area contributed by atoms with Crippen LogP contribution in [0.5, 0.6) is 0 Å². The number of piperidine rings is 1. The Kier molecular flexibility index (Phi) is 4.55. The number of hydrogen-bond donors (Lipinski definition) is 1. The lowest BCUT2D eigenvalue weighted by molar-refractivity contribution is 0.0563. The number of methoxy groups -OCH3 is 1. The molecule has 1 aliphatic heterocycles. The molecule has 106 valence electrons. The minimum Gasteiger partial charge on any atom is -0.377 e. The topological polar surface area (TPSA) is 81.6 Å². The number of carbonyl (C=O) groups is 1. The Labute approximate surface area is 112 Å². The van der Waals surface area contributed by atoms with E-state index in [0.717, 1.165) is 19.4 Å². The minimum absolute atomic E-state index is 0.0961. The van der Waals surface area contributed by atoms with Gasteiger partial charge in [0.15, 0.2) is 11.5 Å². The summed E-state index contributed by atoms with van der Waals surface area (Å²) in [5, 5.41) is 3.81. The fourth-order valence-electron chi connectivity index (χ4n) is 2.51. The molecule has 1 fully saturated rings. The number of aromatic nitrogens is 1. The van der Waals surface area contributed by atoms with Gasteiger partial charge in [-0.3, -0.25) is 4.79 Å². The van der Waals surface area contributed by atoms with Crippen molar-refractivity contribution in [1.82, 2.24) is 10.1 Å². The normalized spacial score (nSPS) is 23.6. The number of amides is 1. The highest BCUT2D eigenvalue weighted by Crippen LogP contribution is 2.23. The van der Waals surface area contributed by atoms with Crippen molar-refractivity contribution in [1.29, 1.82) is 0 Å². The van der Waals surface area contributed by atoms with E-state index in [1.807, 2.05) is 4.90 Å². The second-order valence-electron chi connectivity index (χ2n) is 5.13. The number of nitrogens with zero attached hydrogens (tertiary/aromatic N) is 2. The van der Waals surface area contributed by atoms with Crippen molar-refractivity contribution in [3.05, 3.63) is 17.5 Å². The van der Waals surface area contributed by atoms with Crippen LogP contribution in [-0.2, 0) is 11.3 Å². The van der Waals surface area contributed by atoms with Crippen molar-refractivity contribution in [3.8, 4) is 0 Å². The summed E-state index contributed by atoms with van der Waals surface area (Å²) in [4.78, 5) is 14.2. The van der Waals surface area contributed by atoms with Gasteiger partial charge in [0.25, 0.3) is 5.91 Å². The molecule has 2 heterocycles. The third-order valence-corrected chi connectivity index (χ3v) is 3.58. The van der Waals surface area contributed by atoms with Crippen molar-refractivity contribution < 1.29 is 14.1 Å². The highest BCUT2D eigenvalue weighted by atomic mass is 16.5. The number of likely N-dealkylation sites (tertiary alicyclic amines) is 1. The molecule has 2 atom stereocenters. The summed E-state index contributed by atoms with van der Waals surface area (Å²) in [6.07, 6.45) is 1.95. The predicted molar refractivity (Wildman–Crippen MR) is 69.5 cm³/mol. The SMILES string of the molecule is COCc1cc(C(=O)N2CCC(C)CC2CN)no1. The molecule has 1 aliphatic rings. The molecule has 0 aromatic carbocycles. The lowest BCUT2D eigenvalue weighted by Gasteiger charge is -2.37. The van der Waals surface area contributed by atoms with Crippen LogP contribution in [0.25, 0.3) is 0 Å². The lowest BCUT2D eigenvalue weighted by Crippen LogP contribution is -2.49. The van der Waals surface area contributed by atoms with Crippen LogP contribution in [0.3, 0.4) is 0 Å². The Bertz CT molecular complexity index is 433. The Balaban J connectivity index is 2.08. The van der Waals surface area contributed by atoms with Crippen LogP contribution in [0.15, 0.2) is 10.6 Å². The molecular formula is C13H21N3O3. The summed E-state index contributed by atoms with van der Waals surface area (Å²) in [5.74, 6) is 1.06. The number of carbonyl (C=O) groups excluding carboxylic acids is 1. The monoisotopic (exact) mass is 267 g/mol. The van der Waals surface area contributed by atoms with E-state index >= 15 is 0 Å². The van der Waals surface area contributed by atoms with Gasteiger partial charge in [-0.2, -0.15) is 0 Å². The second-order valence-corrected chi connectivity index (χ2v) is 5.13. The summed E-state index contributed by atoms with van der Waals surface area (Å²) >= 11 is 0. The molecule has 1 aromatic rings. The molecule has 1 amide bonds. The third-order valence-electron chi connectivity index (χ3n) is 3.58. The van der Waals surface area contributed by atoms with Crippen LogP contribution in [0.2, 0.25) is 0 Å². The van der Waals surface area contributed by atoms with Gasteiger partial charge in [0.05, 0.1) is 0 Å². The van der Waals surface area contributed by atoms with E-state index in [1.54, 1.807) is 13.2 Å². The number of ether oxygens (including phenoxy) is 1. The first-order chi connectivity index (χ1) is 9.15. The molecule has 19 heavy (non-hydrogen) atoms. The van der Waals surface area contributed by atoms with Crippen LogP contribution >= 0.6 is 0 Å². The Hall–Kier alpha value is -1.40. The zero-order chi connectivity index (χ0) is 13.8. The van der Waals surface area contributed by atoms with Crippen LogP contribution in [-0.4, -0.2) is 42.2 Å². The van der Waals surface area contributed by atoms with Gasteiger partial charge in [-0.05, 0) is 18.8 Å².